The molecule has 6 rings (SSSR count). The van der Waals surface area contributed by atoms with Crippen LogP contribution in [0.5, 0.6) is 0 Å². The predicted molar refractivity (Wildman–Crippen MR) is 119 cm³/mol. The molecule has 6 fully saturated rings. The van der Waals surface area contributed by atoms with Gasteiger partial charge in [0.25, 0.3) is 0 Å². The Morgan fingerprint density at radius 2 is 1.71 bits per heavy atom. The molecule has 4 heteroatoms. The molecule has 2 unspecified atom stereocenters. The quantitative estimate of drug-likeness (QED) is 0.571. The van der Waals surface area contributed by atoms with Crippen molar-refractivity contribution in [3.05, 3.63) is 0 Å². The normalized spacial score (nSPS) is 63.3. The first-order valence-corrected chi connectivity index (χ1v) is 13.3. The van der Waals surface area contributed by atoms with E-state index in [-0.39, 0.29) is 17.3 Å². The van der Waals surface area contributed by atoms with Gasteiger partial charge in [0.05, 0.1) is 24.4 Å². The summed E-state index contributed by atoms with van der Waals surface area (Å²) in [5.74, 6) is 3.39. The zero-order chi connectivity index (χ0) is 21.8. The van der Waals surface area contributed by atoms with E-state index in [4.69, 9.17) is 9.47 Å². The molecule has 4 nitrogen and oxygen atoms in total. The molecule has 0 aromatic carbocycles. The van der Waals surface area contributed by atoms with Gasteiger partial charge in [0.1, 0.15) is 0 Å². The van der Waals surface area contributed by atoms with Crippen molar-refractivity contribution in [1.82, 2.24) is 0 Å². The Morgan fingerprint density at radius 3 is 2.45 bits per heavy atom. The van der Waals surface area contributed by atoms with Crippen molar-refractivity contribution in [2.75, 3.05) is 6.61 Å². The molecule has 2 N–H and O–H groups in total. The summed E-state index contributed by atoms with van der Waals surface area (Å²) in [6, 6.07) is 0. The Kier molecular flexibility index (Phi) is 4.62. The number of fused-ring (bicyclic) bond motifs is 7. The van der Waals surface area contributed by atoms with Gasteiger partial charge in [-0.25, -0.2) is 0 Å². The number of aliphatic hydroxyl groups excluding tert-OH is 1. The Balaban J connectivity index is 1.27. The molecule has 0 aromatic heterocycles. The number of hydrogen-bond acceptors (Lipinski definition) is 4. The van der Waals surface area contributed by atoms with Gasteiger partial charge in [0, 0.05) is 18.8 Å². The fraction of sp³-hybridized carbons (Fsp3) is 1.00. The van der Waals surface area contributed by atoms with E-state index in [1.807, 2.05) is 0 Å². The Hall–Kier alpha value is -0.160. The van der Waals surface area contributed by atoms with Gasteiger partial charge in [0.15, 0.2) is 5.79 Å². The van der Waals surface area contributed by atoms with E-state index in [2.05, 4.69) is 27.7 Å². The average molecular weight is 433 g/mol. The van der Waals surface area contributed by atoms with Crippen LogP contribution in [0.3, 0.4) is 0 Å². The van der Waals surface area contributed by atoms with Crippen molar-refractivity contribution in [3.63, 3.8) is 0 Å². The lowest BCUT2D eigenvalue weighted by molar-refractivity contribution is -0.274. The molecule has 176 valence electrons. The van der Waals surface area contributed by atoms with Gasteiger partial charge >= 0.3 is 0 Å². The third kappa shape index (κ3) is 2.68. The predicted octanol–water partition coefficient (Wildman–Crippen LogP) is 4.91. The first-order valence-electron chi connectivity index (χ1n) is 13.3. The zero-order valence-corrected chi connectivity index (χ0v) is 20.1. The lowest BCUT2D eigenvalue weighted by Gasteiger charge is -2.64. The van der Waals surface area contributed by atoms with E-state index in [1.54, 1.807) is 0 Å². The number of hydrogen-bond donors (Lipinski definition) is 2. The highest BCUT2D eigenvalue weighted by Gasteiger charge is 2.70. The summed E-state index contributed by atoms with van der Waals surface area (Å²) in [5.41, 5.74) is -0.375. The number of ether oxygens (including phenoxy) is 2. The smallest absolute Gasteiger partial charge is 0.171 e. The summed E-state index contributed by atoms with van der Waals surface area (Å²) >= 11 is 0. The molecule has 2 saturated heterocycles. The van der Waals surface area contributed by atoms with E-state index in [1.165, 1.54) is 25.7 Å². The molecule has 2 heterocycles. The van der Waals surface area contributed by atoms with Crippen molar-refractivity contribution in [3.8, 4) is 0 Å². The largest absolute Gasteiger partial charge is 0.393 e. The molecule has 0 aromatic rings. The van der Waals surface area contributed by atoms with Crippen LogP contribution in [0.4, 0.5) is 0 Å². The topological polar surface area (TPSA) is 58.9 Å². The van der Waals surface area contributed by atoms with Gasteiger partial charge in [-0.2, -0.15) is 0 Å². The zero-order valence-electron chi connectivity index (χ0n) is 20.1. The summed E-state index contributed by atoms with van der Waals surface area (Å²) in [5, 5.41) is 22.0. The van der Waals surface area contributed by atoms with E-state index >= 15 is 0 Å². The minimum Gasteiger partial charge on any atom is -0.393 e. The number of rotatable bonds is 0. The minimum absolute atomic E-state index is 0.0372. The summed E-state index contributed by atoms with van der Waals surface area (Å²) in [6.45, 7) is 10.5. The van der Waals surface area contributed by atoms with Crippen LogP contribution in [-0.2, 0) is 9.47 Å². The second kappa shape index (κ2) is 6.71. The lowest BCUT2D eigenvalue weighted by atomic mass is 9.43. The SMILES string of the molecule is C[C@@H]1CC[C@@]2(OC1)O[C@H]1CC3[C@@H]4CC[C@@]5(O)C[C@@H](O)CC[C@]5(C)C4CC[C@]3(C)[C@H]1[C@@H]2C. The molecule has 0 radical (unpaired) electrons. The van der Waals surface area contributed by atoms with Gasteiger partial charge in [0.2, 0.25) is 0 Å². The molecule has 4 saturated carbocycles. The minimum atomic E-state index is -0.672. The molecule has 0 amide bonds. The third-order valence-corrected chi connectivity index (χ3v) is 12.0. The van der Waals surface area contributed by atoms with Gasteiger partial charge in [-0.1, -0.05) is 27.7 Å². The third-order valence-electron chi connectivity index (χ3n) is 12.0. The van der Waals surface area contributed by atoms with Crippen LogP contribution in [0.1, 0.15) is 91.9 Å². The van der Waals surface area contributed by atoms with Crippen LogP contribution in [0.15, 0.2) is 0 Å². The standard InChI is InChI=1S/C27H44O4/c1-16-5-12-27(30-15-16)17(2)23-22(31-27)13-21-19-7-11-26(29)14-18(28)6-10-25(26,4)20(19)8-9-24(21,23)3/h16-23,28-29H,5-15H2,1-4H3/t16-,17+,18+,19-,20?,21?,22+,23+,24+,25-,26-,27-/m1/s1. The Labute approximate surface area is 188 Å². The lowest BCUT2D eigenvalue weighted by Crippen LogP contribution is -2.63. The van der Waals surface area contributed by atoms with E-state index < -0.39 is 5.60 Å². The molecule has 1 spiro atoms. The molecule has 6 aliphatic rings. The molecular weight excluding hydrogens is 388 g/mol. The van der Waals surface area contributed by atoms with Crippen LogP contribution >= 0.6 is 0 Å². The van der Waals surface area contributed by atoms with Crippen molar-refractivity contribution >= 4 is 0 Å². The molecular formula is C27H44O4. The molecule has 12 atom stereocenters. The monoisotopic (exact) mass is 432 g/mol. The van der Waals surface area contributed by atoms with Crippen molar-refractivity contribution in [1.29, 1.82) is 0 Å². The molecule has 4 aliphatic carbocycles. The van der Waals surface area contributed by atoms with Crippen molar-refractivity contribution in [2.45, 2.75) is 115 Å². The highest BCUT2D eigenvalue weighted by Crippen LogP contribution is 2.71. The maximum atomic E-state index is 11.7. The summed E-state index contributed by atoms with van der Waals surface area (Å²) < 4.78 is 13.3. The summed E-state index contributed by atoms with van der Waals surface area (Å²) in [4.78, 5) is 0. The Bertz CT molecular complexity index is 731. The van der Waals surface area contributed by atoms with Gasteiger partial charge < -0.3 is 19.7 Å². The van der Waals surface area contributed by atoms with Crippen LogP contribution in [0.2, 0.25) is 0 Å². The maximum absolute atomic E-state index is 11.7. The molecule has 0 bridgehead atoms. The van der Waals surface area contributed by atoms with Crippen LogP contribution in [0.25, 0.3) is 0 Å². The van der Waals surface area contributed by atoms with Crippen molar-refractivity contribution in [2.24, 2.45) is 46.3 Å². The van der Waals surface area contributed by atoms with Crippen molar-refractivity contribution < 1.29 is 19.7 Å². The second-order valence-electron chi connectivity index (χ2n) is 13.3. The van der Waals surface area contributed by atoms with Gasteiger partial charge in [-0.15, -0.1) is 0 Å². The highest BCUT2D eigenvalue weighted by atomic mass is 16.7. The van der Waals surface area contributed by atoms with E-state index in [0.29, 0.717) is 53.4 Å². The Morgan fingerprint density at radius 1 is 0.903 bits per heavy atom. The van der Waals surface area contributed by atoms with Crippen LogP contribution < -0.4 is 0 Å². The van der Waals surface area contributed by atoms with E-state index in [0.717, 1.165) is 38.7 Å². The molecule has 31 heavy (non-hydrogen) atoms. The first kappa shape index (κ1) is 21.4. The maximum Gasteiger partial charge on any atom is 0.171 e. The fourth-order valence-corrected chi connectivity index (χ4v) is 10.2. The van der Waals surface area contributed by atoms with Crippen LogP contribution in [0, 0.1) is 46.3 Å². The van der Waals surface area contributed by atoms with Gasteiger partial charge in [-0.3, -0.25) is 0 Å². The summed E-state index contributed by atoms with van der Waals surface area (Å²) in [7, 11) is 0. The highest BCUT2D eigenvalue weighted by molar-refractivity contribution is 5.17. The van der Waals surface area contributed by atoms with Gasteiger partial charge in [-0.05, 0) is 91.8 Å². The summed E-state index contributed by atoms with van der Waals surface area (Å²) in [6.07, 6.45) is 10.4. The first-order chi connectivity index (χ1) is 14.6. The fourth-order valence-electron chi connectivity index (χ4n) is 10.2. The van der Waals surface area contributed by atoms with E-state index in [9.17, 15) is 10.2 Å². The average Bonchev–Trinajstić information content (AvgIpc) is 3.16. The molecule has 2 aliphatic heterocycles. The number of aliphatic hydroxyl groups is 2. The van der Waals surface area contributed by atoms with Crippen LogP contribution in [-0.4, -0.2) is 40.4 Å². The second-order valence-corrected chi connectivity index (χ2v) is 13.3.